The highest BCUT2D eigenvalue weighted by Crippen LogP contribution is 2.28. The van der Waals surface area contributed by atoms with E-state index in [1.807, 2.05) is 30.0 Å². The minimum atomic E-state index is -1.26. The number of carboxylic acid groups (broad SMARTS) is 2. The van der Waals surface area contributed by atoms with Crippen molar-refractivity contribution >= 4 is 51.1 Å². The van der Waals surface area contributed by atoms with E-state index < -0.39 is 11.9 Å². The number of rotatable bonds is 6. The van der Waals surface area contributed by atoms with Crippen molar-refractivity contribution in [3.63, 3.8) is 0 Å². The first-order valence-corrected chi connectivity index (χ1v) is 10.0. The first-order chi connectivity index (χ1) is 13.2. The molecule has 2 rings (SSSR count). The molecular formula is C19H24BrClN2O5. The van der Waals surface area contributed by atoms with Gasteiger partial charge in [-0.15, -0.1) is 0 Å². The van der Waals surface area contributed by atoms with Crippen molar-refractivity contribution in [2.75, 3.05) is 24.5 Å². The van der Waals surface area contributed by atoms with E-state index in [4.69, 9.17) is 21.8 Å². The molecule has 1 aromatic carbocycles. The maximum Gasteiger partial charge on any atom is 0.328 e. The first kappa shape index (κ1) is 24.1. The van der Waals surface area contributed by atoms with Crippen LogP contribution in [0.5, 0.6) is 0 Å². The Morgan fingerprint density at radius 1 is 1.21 bits per heavy atom. The molecule has 1 aliphatic rings. The number of carbonyl (C=O) groups is 3. The molecule has 7 nitrogen and oxygen atoms in total. The van der Waals surface area contributed by atoms with Crippen LogP contribution >= 0.6 is 27.5 Å². The number of carbonyl (C=O) groups excluding carboxylic acids is 1. The number of carboxylic acids is 2. The molecule has 3 N–H and O–H groups in total. The Kier molecular flexibility index (Phi) is 10.8. The highest BCUT2D eigenvalue weighted by atomic mass is 79.9. The molecule has 0 bridgehead atoms. The zero-order valence-corrected chi connectivity index (χ0v) is 17.9. The predicted octanol–water partition coefficient (Wildman–Crippen LogP) is 3.56. The number of halogens is 2. The molecule has 1 saturated heterocycles. The Balaban J connectivity index is 0.000000416. The summed E-state index contributed by atoms with van der Waals surface area (Å²) >= 11 is 9.42. The van der Waals surface area contributed by atoms with Crippen LogP contribution in [0.25, 0.3) is 0 Å². The summed E-state index contributed by atoms with van der Waals surface area (Å²) in [4.78, 5) is 33.4. The second-order valence-electron chi connectivity index (χ2n) is 6.14. The number of hydrogen-bond donors (Lipinski definition) is 3. The van der Waals surface area contributed by atoms with Gasteiger partial charge in [0.05, 0.1) is 5.02 Å². The Labute approximate surface area is 177 Å². The molecule has 28 heavy (non-hydrogen) atoms. The van der Waals surface area contributed by atoms with Crippen molar-refractivity contribution < 1.29 is 24.6 Å². The monoisotopic (exact) mass is 474 g/mol. The Morgan fingerprint density at radius 2 is 1.79 bits per heavy atom. The fraction of sp³-hybridized carbons (Fsp3) is 0.421. The van der Waals surface area contributed by atoms with Crippen molar-refractivity contribution in [1.82, 2.24) is 5.32 Å². The third-order valence-electron chi connectivity index (χ3n) is 4.12. The minimum Gasteiger partial charge on any atom is -0.478 e. The van der Waals surface area contributed by atoms with Crippen LogP contribution in [0.4, 0.5) is 5.69 Å². The lowest BCUT2D eigenvalue weighted by Gasteiger charge is -2.26. The molecule has 0 aromatic heterocycles. The van der Waals surface area contributed by atoms with E-state index >= 15 is 0 Å². The van der Waals surface area contributed by atoms with Gasteiger partial charge in [0.1, 0.15) is 0 Å². The van der Waals surface area contributed by atoms with Crippen molar-refractivity contribution in [3.8, 4) is 0 Å². The fourth-order valence-electron chi connectivity index (χ4n) is 2.74. The lowest BCUT2D eigenvalue weighted by Crippen LogP contribution is -2.35. The van der Waals surface area contributed by atoms with E-state index in [0.29, 0.717) is 36.1 Å². The van der Waals surface area contributed by atoms with Gasteiger partial charge in [-0.05, 0) is 72.9 Å². The van der Waals surface area contributed by atoms with E-state index in [2.05, 4.69) is 21.2 Å². The summed E-state index contributed by atoms with van der Waals surface area (Å²) in [6.45, 7) is 4.73. The van der Waals surface area contributed by atoms with Crippen LogP contribution in [0, 0.1) is 5.92 Å². The second-order valence-corrected chi connectivity index (χ2v) is 7.41. The predicted molar refractivity (Wildman–Crippen MR) is 112 cm³/mol. The molecule has 9 heteroatoms. The van der Waals surface area contributed by atoms with Crippen molar-refractivity contribution in [1.29, 1.82) is 0 Å². The molecule has 0 spiro atoms. The summed E-state index contributed by atoms with van der Waals surface area (Å²) in [6, 6.07) is 5.63. The maximum absolute atomic E-state index is 12.5. The number of nitrogens with one attached hydrogen (secondary N) is 1. The molecule has 0 saturated carbocycles. The zero-order chi connectivity index (χ0) is 21.1. The molecule has 0 unspecified atom stereocenters. The number of nitrogens with zero attached hydrogens (tertiary/aromatic N) is 1. The molecular weight excluding hydrogens is 452 g/mol. The van der Waals surface area contributed by atoms with Crippen LogP contribution in [0.3, 0.4) is 0 Å². The molecule has 0 atom stereocenters. The smallest absolute Gasteiger partial charge is 0.328 e. The first-order valence-electron chi connectivity index (χ1n) is 8.84. The molecule has 1 heterocycles. The highest BCUT2D eigenvalue weighted by molar-refractivity contribution is 9.10. The molecule has 154 valence electrons. The van der Waals surface area contributed by atoms with E-state index in [0.717, 1.165) is 36.1 Å². The van der Waals surface area contributed by atoms with Crippen LogP contribution in [0.2, 0.25) is 5.02 Å². The standard InChI is InChI=1S/C15H20BrClN2O.C4H4O4/c1-2-19(12-3-4-14(17)13(16)10-12)15(20)9-11-5-7-18-8-6-11;5-3(6)1-2-4(7)8/h3-4,10-11,18H,2,5-9H2,1H3;1-2H,(H,5,6)(H,7,8)/b;2-1+. The molecule has 0 radical (unpaired) electrons. The second kappa shape index (κ2) is 12.5. The summed E-state index contributed by atoms with van der Waals surface area (Å²) in [5.41, 5.74) is 0.905. The summed E-state index contributed by atoms with van der Waals surface area (Å²) in [6.07, 6.45) is 3.93. The Morgan fingerprint density at radius 3 is 2.25 bits per heavy atom. The van der Waals surface area contributed by atoms with Gasteiger partial charge in [0, 0.05) is 35.3 Å². The van der Waals surface area contributed by atoms with Gasteiger partial charge in [-0.3, -0.25) is 4.79 Å². The number of amides is 1. The van der Waals surface area contributed by atoms with Gasteiger partial charge in [0.15, 0.2) is 0 Å². The van der Waals surface area contributed by atoms with Crippen molar-refractivity contribution in [2.45, 2.75) is 26.2 Å². The van der Waals surface area contributed by atoms with Gasteiger partial charge in [-0.2, -0.15) is 0 Å². The van der Waals surface area contributed by atoms with E-state index in [-0.39, 0.29) is 5.91 Å². The molecule has 1 fully saturated rings. The summed E-state index contributed by atoms with van der Waals surface area (Å²) < 4.78 is 0.824. The number of aliphatic carboxylic acids is 2. The van der Waals surface area contributed by atoms with Gasteiger partial charge < -0.3 is 20.4 Å². The van der Waals surface area contributed by atoms with Crippen LogP contribution in [0.1, 0.15) is 26.2 Å². The van der Waals surface area contributed by atoms with E-state index in [9.17, 15) is 14.4 Å². The summed E-state index contributed by atoms with van der Waals surface area (Å²) in [7, 11) is 0. The van der Waals surface area contributed by atoms with Gasteiger partial charge in [0.25, 0.3) is 0 Å². The largest absolute Gasteiger partial charge is 0.478 e. The topological polar surface area (TPSA) is 107 Å². The third-order valence-corrected chi connectivity index (χ3v) is 5.34. The molecule has 1 aromatic rings. The minimum absolute atomic E-state index is 0.202. The molecule has 1 amide bonds. The lowest BCUT2D eigenvalue weighted by molar-refractivity contribution is -0.134. The van der Waals surface area contributed by atoms with E-state index in [1.165, 1.54) is 0 Å². The average Bonchev–Trinajstić information content (AvgIpc) is 2.65. The van der Waals surface area contributed by atoms with Crippen LogP contribution in [-0.4, -0.2) is 47.7 Å². The highest BCUT2D eigenvalue weighted by Gasteiger charge is 2.21. The lowest BCUT2D eigenvalue weighted by atomic mass is 9.94. The number of benzene rings is 1. The van der Waals surface area contributed by atoms with Crippen LogP contribution < -0.4 is 10.2 Å². The van der Waals surface area contributed by atoms with Crippen LogP contribution in [0.15, 0.2) is 34.8 Å². The average molecular weight is 476 g/mol. The van der Waals surface area contributed by atoms with Gasteiger partial charge in [0.2, 0.25) is 5.91 Å². The normalized spacial score (nSPS) is 14.2. The number of hydrogen-bond acceptors (Lipinski definition) is 4. The zero-order valence-electron chi connectivity index (χ0n) is 15.5. The number of piperidine rings is 1. The SMILES string of the molecule is CCN(C(=O)CC1CCNCC1)c1ccc(Cl)c(Br)c1.O=C(O)/C=C/C(=O)O. The van der Waals surface area contributed by atoms with Gasteiger partial charge in [-0.25, -0.2) is 9.59 Å². The van der Waals surface area contributed by atoms with Crippen molar-refractivity contribution in [3.05, 3.63) is 39.8 Å². The van der Waals surface area contributed by atoms with Gasteiger partial charge in [-0.1, -0.05) is 11.6 Å². The fourth-order valence-corrected chi connectivity index (χ4v) is 3.23. The Hall–Kier alpha value is -1.90. The maximum atomic E-state index is 12.5. The van der Waals surface area contributed by atoms with Crippen molar-refractivity contribution in [2.24, 2.45) is 5.92 Å². The Bertz CT molecular complexity index is 704. The quantitative estimate of drug-likeness (QED) is 0.543. The summed E-state index contributed by atoms with van der Waals surface area (Å²) in [5.74, 6) is -1.80. The molecule has 1 aliphatic heterocycles. The van der Waals surface area contributed by atoms with Crippen LogP contribution in [-0.2, 0) is 14.4 Å². The van der Waals surface area contributed by atoms with E-state index in [1.54, 1.807) is 0 Å². The summed E-state index contributed by atoms with van der Waals surface area (Å²) in [5, 5.41) is 19.6. The van der Waals surface area contributed by atoms with Gasteiger partial charge >= 0.3 is 11.9 Å². The third kappa shape index (κ3) is 8.86. The number of anilines is 1. The molecule has 0 aliphatic carbocycles.